The van der Waals surface area contributed by atoms with Gasteiger partial charge in [-0.25, -0.2) is 4.98 Å². The summed E-state index contributed by atoms with van der Waals surface area (Å²) in [4.78, 5) is 21.8. The minimum atomic E-state index is 0.00296. The molecule has 0 spiro atoms. The first-order valence-corrected chi connectivity index (χ1v) is 8.94. The average molecular weight is 350 g/mol. The van der Waals surface area contributed by atoms with Gasteiger partial charge >= 0.3 is 0 Å². The Morgan fingerprint density at radius 1 is 1.50 bits per heavy atom. The van der Waals surface area contributed by atoms with E-state index in [0.717, 1.165) is 28.8 Å². The molecule has 9 heteroatoms. The Labute approximate surface area is 144 Å². The minimum Gasteiger partial charge on any atom is -0.378 e. The molecule has 0 aliphatic carbocycles. The number of aryl methyl sites for hydroxylation is 1. The van der Waals surface area contributed by atoms with Crippen LogP contribution in [-0.2, 0) is 29.0 Å². The van der Waals surface area contributed by atoms with Crippen LogP contribution in [0.5, 0.6) is 0 Å². The standard InChI is InChI=1S/C15H22N6O2S/c1-2-14-19-20-15(24-14)8-18-13(22)7-11-10-23-6-5-21(11)9-12-16-3-4-17-12/h3-4,11H,2,5-10H2,1H3,(H,16,17)(H,18,22). The zero-order valence-corrected chi connectivity index (χ0v) is 14.5. The largest absolute Gasteiger partial charge is 0.378 e. The second-order valence-corrected chi connectivity index (χ2v) is 6.81. The summed E-state index contributed by atoms with van der Waals surface area (Å²) >= 11 is 1.54. The van der Waals surface area contributed by atoms with Crippen molar-refractivity contribution in [3.05, 3.63) is 28.2 Å². The van der Waals surface area contributed by atoms with E-state index in [1.807, 2.05) is 13.1 Å². The Bertz CT molecular complexity index is 644. The molecule has 8 nitrogen and oxygen atoms in total. The number of H-pyrrole nitrogens is 1. The Hall–Kier alpha value is -1.84. The lowest BCUT2D eigenvalue weighted by molar-refractivity contribution is -0.124. The molecule has 1 unspecified atom stereocenters. The summed E-state index contributed by atoms with van der Waals surface area (Å²) in [5.41, 5.74) is 0. The number of aromatic nitrogens is 4. The molecule has 1 saturated heterocycles. The summed E-state index contributed by atoms with van der Waals surface area (Å²) in [7, 11) is 0. The second kappa shape index (κ2) is 8.32. The van der Waals surface area contributed by atoms with Crippen molar-refractivity contribution in [3.63, 3.8) is 0 Å². The van der Waals surface area contributed by atoms with Crippen molar-refractivity contribution in [3.8, 4) is 0 Å². The zero-order chi connectivity index (χ0) is 16.8. The van der Waals surface area contributed by atoms with E-state index in [1.165, 1.54) is 11.3 Å². The summed E-state index contributed by atoms with van der Waals surface area (Å²) in [5, 5.41) is 12.9. The van der Waals surface area contributed by atoms with Crippen LogP contribution in [-0.4, -0.2) is 56.8 Å². The molecule has 3 rings (SSSR count). The Morgan fingerprint density at radius 2 is 2.38 bits per heavy atom. The lowest BCUT2D eigenvalue weighted by Gasteiger charge is -2.34. The number of aromatic amines is 1. The monoisotopic (exact) mass is 350 g/mol. The summed E-state index contributed by atoms with van der Waals surface area (Å²) in [5.74, 6) is 0.909. The molecule has 130 valence electrons. The fourth-order valence-electron chi connectivity index (χ4n) is 2.63. The van der Waals surface area contributed by atoms with Gasteiger partial charge in [-0.15, -0.1) is 10.2 Å². The number of imidazole rings is 1. The summed E-state index contributed by atoms with van der Waals surface area (Å²) in [6.45, 7) is 5.22. The first kappa shape index (κ1) is 17.0. The molecule has 3 heterocycles. The molecule has 0 radical (unpaired) electrons. The first-order valence-electron chi connectivity index (χ1n) is 8.12. The number of ether oxygens (including phenoxy) is 1. The molecule has 0 aromatic carbocycles. The highest BCUT2D eigenvalue weighted by Gasteiger charge is 2.26. The van der Waals surface area contributed by atoms with Gasteiger partial charge in [-0.3, -0.25) is 9.69 Å². The van der Waals surface area contributed by atoms with Crippen molar-refractivity contribution >= 4 is 17.2 Å². The number of hydrogen-bond donors (Lipinski definition) is 2. The third-order valence-electron chi connectivity index (χ3n) is 3.93. The van der Waals surface area contributed by atoms with Gasteiger partial charge in [-0.1, -0.05) is 18.3 Å². The van der Waals surface area contributed by atoms with Crippen molar-refractivity contribution in [2.75, 3.05) is 19.8 Å². The summed E-state index contributed by atoms with van der Waals surface area (Å²) in [6, 6.07) is 0.0597. The van der Waals surface area contributed by atoms with Crippen LogP contribution in [0.15, 0.2) is 12.4 Å². The van der Waals surface area contributed by atoms with Crippen LogP contribution in [0.3, 0.4) is 0 Å². The van der Waals surface area contributed by atoms with Gasteiger partial charge in [-0.05, 0) is 6.42 Å². The zero-order valence-electron chi connectivity index (χ0n) is 13.7. The smallest absolute Gasteiger partial charge is 0.222 e. The molecule has 1 atom stereocenters. The van der Waals surface area contributed by atoms with E-state index in [9.17, 15) is 4.79 Å². The van der Waals surface area contributed by atoms with Crippen LogP contribution in [0.4, 0.5) is 0 Å². The van der Waals surface area contributed by atoms with Crippen molar-refractivity contribution < 1.29 is 9.53 Å². The van der Waals surface area contributed by atoms with Crippen LogP contribution in [0.1, 0.15) is 29.2 Å². The van der Waals surface area contributed by atoms with Gasteiger partial charge in [0.1, 0.15) is 15.8 Å². The van der Waals surface area contributed by atoms with Crippen molar-refractivity contribution in [1.29, 1.82) is 0 Å². The maximum atomic E-state index is 12.2. The molecule has 2 aromatic rings. The topological polar surface area (TPSA) is 96.0 Å². The molecular weight excluding hydrogens is 328 g/mol. The Balaban J connectivity index is 1.49. The maximum Gasteiger partial charge on any atom is 0.222 e. The van der Waals surface area contributed by atoms with Crippen molar-refractivity contribution in [2.24, 2.45) is 0 Å². The molecular formula is C15H22N6O2S. The van der Waals surface area contributed by atoms with Gasteiger partial charge in [0.15, 0.2) is 0 Å². The molecule has 0 saturated carbocycles. The van der Waals surface area contributed by atoms with Crippen molar-refractivity contribution in [2.45, 2.75) is 38.9 Å². The van der Waals surface area contributed by atoms with Gasteiger partial charge in [0.25, 0.3) is 0 Å². The number of carbonyl (C=O) groups is 1. The molecule has 24 heavy (non-hydrogen) atoms. The van der Waals surface area contributed by atoms with E-state index in [4.69, 9.17) is 4.74 Å². The van der Waals surface area contributed by atoms with E-state index in [0.29, 0.717) is 32.7 Å². The predicted molar refractivity (Wildman–Crippen MR) is 89.4 cm³/mol. The maximum absolute atomic E-state index is 12.2. The molecule has 1 aliphatic heterocycles. The van der Waals surface area contributed by atoms with Crippen LogP contribution in [0.25, 0.3) is 0 Å². The van der Waals surface area contributed by atoms with E-state index >= 15 is 0 Å². The highest BCUT2D eigenvalue weighted by atomic mass is 32.1. The van der Waals surface area contributed by atoms with Crippen LogP contribution in [0, 0.1) is 0 Å². The van der Waals surface area contributed by atoms with Gasteiger partial charge in [0.2, 0.25) is 5.91 Å². The third-order valence-corrected chi connectivity index (χ3v) is 4.99. The average Bonchev–Trinajstić information content (AvgIpc) is 3.26. The highest BCUT2D eigenvalue weighted by Crippen LogP contribution is 2.14. The van der Waals surface area contributed by atoms with E-state index in [-0.39, 0.29) is 11.9 Å². The number of rotatable bonds is 7. The van der Waals surface area contributed by atoms with Gasteiger partial charge in [-0.2, -0.15) is 0 Å². The molecule has 0 bridgehead atoms. The van der Waals surface area contributed by atoms with Gasteiger partial charge in [0, 0.05) is 31.4 Å². The molecule has 1 aliphatic rings. The van der Waals surface area contributed by atoms with E-state index in [1.54, 1.807) is 6.20 Å². The third kappa shape index (κ3) is 4.59. The fourth-order valence-corrected chi connectivity index (χ4v) is 3.35. The number of hydrogen-bond acceptors (Lipinski definition) is 7. The van der Waals surface area contributed by atoms with Crippen LogP contribution in [0.2, 0.25) is 0 Å². The number of morpholine rings is 1. The number of nitrogens with zero attached hydrogens (tertiary/aromatic N) is 4. The molecule has 2 N–H and O–H groups in total. The quantitative estimate of drug-likeness (QED) is 0.764. The Morgan fingerprint density at radius 3 is 3.12 bits per heavy atom. The second-order valence-electron chi connectivity index (χ2n) is 5.66. The van der Waals surface area contributed by atoms with Gasteiger partial charge < -0.3 is 15.0 Å². The SMILES string of the molecule is CCc1nnc(CNC(=O)CC2COCCN2Cc2ncc[nH]2)s1. The fraction of sp³-hybridized carbons (Fsp3) is 0.600. The molecule has 2 aromatic heterocycles. The lowest BCUT2D eigenvalue weighted by atomic mass is 10.1. The number of nitrogens with one attached hydrogen (secondary N) is 2. The van der Waals surface area contributed by atoms with Crippen molar-refractivity contribution in [1.82, 2.24) is 30.4 Å². The number of amides is 1. The normalized spacial score (nSPS) is 18.6. The predicted octanol–water partition coefficient (Wildman–Crippen LogP) is 0.731. The Kier molecular flexibility index (Phi) is 5.89. The molecule has 1 amide bonds. The summed E-state index contributed by atoms with van der Waals surface area (Å²) in [6.07, 6.45) is 4.82. The van der Waals surface area contributed by atoms with Crippen LogP contribution < -0.4 is 5.32 Å². The highest BCUT2D eigenvalue weighted by molar-refractivity contribution is 7.11. The molecule has 1 fully saturated rings. The first-order chi connectivity index (χ1) is 11.7. The number of carbonyl (C=O) groups excluding carboxylic acids is 1. The van der Waals surface area contributed by atoms with E-state index in [2.05, 4.69) is 30.4 Å². The van der Waals surface area contributed by atoms with E-state index < -0.39 is 0 Å². The van der Waals surface area contributed by atoms with Gasteiger partial charge in [0.05, 0.1) is 26.3 Å². The van der Waals surface area contributed by atoms with Crippen LogP contribution >= 0.6 is 11.3 Å². The minimum absolute atomic E-state index is 0.00296. The summed E-state index contributed by atoms with van der Waals surface area (Å²) < 4.78 is 5.54. The lowest BCUT2D eigenvalue weighted by Crippen LogP contribution is -2.47.